The average Bonchev–Trinajstić information content (AvgIpc) is 3.40. The van der Waals surface area contributed by atoms with Gasteiger partial charge in [0.2, 0.25) is 5.95 Å². The van der Waals surface area contributed by atoms with Crippen LogP contribution in [0, 0.1) is 5.82 Å². The molecule has 0 aliphatic carbocycles. The minimum absolute atomic E-state index is 0.00120. The number of esters is 1. The topological polar surface area (TPSA) is 108 Å². The largest absolute Gasteiger partial charge is 0.456 e. The van der Waals surface area contributed by atoms with Gasteiger partial charge < -0.3 is 28.8 Å². The van der Waals surface area contributed by atoms with Crippen molar-refractivity contribution in [2.24, 2.45) is 7.05 Å². The molecule has 2 aliphatic heterocycles. The number of pyridine rings is 1. The lowest BCUT2D eigenvalue weighted by atomic mass is 10.1. The molecule has 4 heterocycles. The fraction of sp³-hybridized carbons (Fsp3) is 0.462. The molecule has 5 rings (SSSR count). The smallest absolute Gasteiger partial charge is 0.407 e. The number of rotatable bonds is 4. The number of piperidine rings is 1. The number of nitrogens with zero attached hydrogens (tertiary/aromatic N) is 4. The monoisotopic (exact) mass is 545 g/mol. The SMILES string of the molecule is Cn1c2c(c3nc(N4CCC[C@@H](NC(=O)OC(C)(C)C)C4)n(Cc4cc(F)ccc4Cl)c3c1=O)COC2=O. The fourth-order valence-electron chi connectivity index (χ4n) is 5.02. The van der Waals surface area contributed by atoms with Crippen LogP contribution in [0.25, 0.3) is 11.0 Å². The Kier molecular flexibility index (Phi) is 6.58. The van der Waals surface area contributed by atoms with Gasteiger partial charge in [0.05, 0.1) is 6.54 Å². The highest BCUT2D eigenvalue weighted by atomic mass is 35.5. The first-order valence-corrected chi connectivity index (χ1v) is 12.8. The van der Waals surface area contributed by atoms with Gasteiger partial charge in [-0.05, 0) is 57.4 Å². The van der Waals surface area contributed by atoms with Crippen molar-refractivity contribution in [1.29, 1.82) is 0 Å². The van der Waals surface area contributed by atoms with Gasteiger partial charge in [0.15, 0.2) is 0 Å². The van der Waals surface area contributed by atoms with Crippen LogP contribution in [-0.4, -0.2) is 50.9 Å². The third kappa shape index (κ3) is 4.82. The maximum atomic E-state index is 14.1. The third-order valence-electron chi connectivity index (χ3n) is 6.66. The molecule has 202 valence electrons. The number of carbonyl (C=O) groups is 2. The van der Waals surface area contributed by atoms with Crippen LogP contribution in [0.2, 0.25) is 5.02 Å². The summed E-state index contributed by atoms with van der Waals surface area (Å²) in [5, 5.41) is 3.27. The zero-order valence-electron chi connectivity index (χ0n) is 21.6. The van der Waals surface area contributed by atoms with Gasteiger partial charge in [0.1, 0.15) is 34.8 Å². The van der Waals surface area contributed by atoms with E-state index < -0.39 is 29.0 Å². The summed E-state index contributed by atoms with van der Waals surface area (Å²) in [6, 6.07) is 3.84. The predicted molar refractivity (Wildman–Crippen MR) is 139 cm³/mol. The van der Waals surface area contributed by atoms with Crippen LogP contribution in [0.15, 0.2) is 23.0 Å². The number of cyclic esters (lactones) is 1. The van der Waals surface area contributed by atoms with Crippen LogP contribution in [0.3, 0.4) is 0 Å². The van der Waals surface area contributed by atoms with Gasteiger partial charge in [-0.15, -0.1) is 0 Å². The standard InChI is InChI=1S/C26H29ClFN5O5/c1-26(2,3)38-25(36)29-16-6-5-9-32(12-16)24-30-19-17-13-37-23(35)20(17)31(4)22(34)21(19)33(24)11-14-10-15(28)7-8-18(14)27/h7-8,10,16H,5-6,9,11-13H2,1-4H3,(H,29,36)/t16-/m1/s1. The van der Waals surface area contributed by atoms with Gasteiger partial charge in [0, 0.05) is 36.8 Å². The Hall–Kier alpha value is -3.60. The van der Waals surface area contributed by atoms with E-state index in [1.54, 1.807) is 25.3 Å². The number of amides is 1. The molecule has 1 saturated heterocycles. The molecule has 0 radical (unpaired) electrons. The average molecular weight is 546 g/mol. The summed E-state index contributed by atoms with van der Waals surface area (Å²) in [5.41, 5.74) is 0.743. The second kappa shape index (κ2) is 9.61. The molecule has 3 aromatic rings. The molecule has 0 spiro atoms. The highest BCUT2D eigenvalue weighted by Gasteiger charge is 2.34. The molecular weight excluding hydrogens is 517 g/mol. The van der Waals surface area contributed by atoms with E-state index in [0.29, 0.717) is 40.7 Å². The van der Waals surface area contributed by atoms with Crippen LogP contribution in [0.1, 0.15) is 55.2 Å². The van der Waals surface area contributed by atoms with Crippen LogP contribution >= 0.6 is 11.6 Å². The van der Waals surface area contributed by atoms with E-state index in [0.717, 1.165) is 12.8 Å². The number of benzene rings is 1. The van der Waals surface area contributed by atoms with Crippen molar-refractivity contribution in [1.82, 2.24) is 19.4 Å². The van der Waals surface area contributed by atoms with Gasteiger partial charge in [-0.3, -0.25) is 4.79 Å². The first kappa shape index (κ1) is 26.0. The van der Waals surface area contributed by atoms with E-state index in [-0.39, 0.29) is 30.4 Å². The van der Waals surface area contributed by atoms with Crippen LogP contribution in [-0.2, 0) is 29.7 Å². The summed E-state index contributed by atoms with van der Waals surface area (Å²) >= 11 is 6.40. The van der Waals surface area contributed by atoms with E-state index in [2.05, 4.69) is 5.32 Å². The molecule has 1 fully saturated rings. The van der Waals surface area contributed by atoms with Crippen LogP contribution in [0.5, 0.6) is 0 Å². The van der Waals surface area contributed by atoms with Gasteiger partial charge >= 0.3 is 12.1 Å². The molecule has 10 nitrogen and oxygen atoms in total. The Labute approximate surface area is 223 Å². The molecule has 38 heavy (non-hydrogen) atoms. The molecule has 1 aromatic carbocycles. The van der Waals surface area contributed by atoms with Gasteiger partial charge in [-0.2, -0.15) is 0 Å². The van der Waals surface area contributed by atoms with Crippen molar-refractivity contribution in [3.8, 4) is 0 Å². The highest BCUT2D eigenvalue weighted by molar-refractivity contribution is 6.31. The predicted octanol–water partition coefficient (Wildman–Crippen LogP) is 3.74. The number of carbonyl (C=O) groups excluding carboxylic acids is 2. The summed E-state index contributed by atoms with van der Waals surface area (Å²) in [5.74, 6) is -0.575. The molecule has 2 aliphatic rings. The number of hydrogen-bond donors (Lipinski definition) is 1. The molecule has 2 aromatic heterocycles. The van der Waals surface area contributed by atoms with Crippen LogP contribution in [0.4, 0.5) is 15.1 Å². The third-order valence-corrected chi connectivity index (χ3v) is 7.03. The lowest BCUT2D eigenvalue weighted by molar-refractivity contribution is 0.0496. The maximum Gasteiger partial charge on any atom is 0.407 e. The first-order valence-electron chi connectivity index (χ1n) is 12.4. The van der Waals surface area contributed by atoms with E-state index in [4.69, 9.17) is 26.1 Å². The number of anilines is 1. The molecule has 12 heteroatoms. The number of hydrogen-bond acceptors (Lipinski definition) is 7. The van der Waals surface area contributed by atoms with Crippen molar-refractivity contribution >= 4 is 40.6 Å². The Balaban J connectivity index is 1.59. The summed E-state index contributed by atoms with van der Waals surface area (Å²) in [6.45, 7) is 6.50. The van der Waals surface area contributed by atoms with E-state index >= 15 is 0 Å². The summed E-state index contributed by atoms with van der Waals surface area (Å²) < 4.78 is 27.7. The Morgan fingerprint density at radius 2 is 2.08 bits per heavy atom. The van der Waals surface area contributed by atoms with Crippen molar-refractivity contribution < 1.29 is 23.5 Å². The van der Waals surface area contributed by atoms with Gasteiger partial charge in [-0.25, -0.2) is 19.0 Å². The number of nitrogens with one attached hydrogen (secondary N) is 1. The minimum atomic E-state index is -0.628. The molecular formula is C26H29ClFN5O5. The molecule has 0 bridgehead atoms. The highest BCUT2D eigenvalue weighted by Crippen LogP contribution is 2.32. The lowest BCUT2D eigenvalue weighted by Crippen LogP contribution is -2.49. The number of alkyl carbamates (subject to hydrolysis) is 1. The Bertz CT molecular complexity index is 1510. The van der Waals surface area contributed by atoms with E-state index in [9.17, 15) is 18.8 Å². The molecule has 0 saturated carbocycles. The second-order valence-corrected chi connectivity index (χ2v) is 11.0. The van der Waals surface area contributed by atoms with Crippen molar-refractivity contribution in [2.45, 2.75) is 58.4 Å². The lowest BCUT2D eigenvalue weighted by Gasteiger charge is -2.34. The number of halogens is 2. The summed E-state index contributed by atoms with van der Waals surface area (Å²) in [7, 11) is 1.51. The first-order chi connectivity index (χ1) is 17.9. The number of aromatic nitrogens is 3. The van der Waals surface area contributed by atoms with Crippen LogP contribution < -0.4 is 15.8 Å². The zero-order chi connectivity index (χ0) is 27.4. The summed E-state index contributed by atoms with van der Waals surface area (Å²) in [6.07, 6.45) is 0.986. The van der Waals surface area contributed by atoms with Crippen molar-refractivity contribution in [3.05, 3.63) is 56.2 Å². The van der Waals surface area contributed by atoms with Crippen molar-refractivity contribution in [2.75, 3.05) is 18.0 Å². The van der Waals surface area contributed by atoms with E-state index in [1.165, 1.54) is 29.8 Å². The Morgan fingerprint density at radius 3 is 2.82 bits per heavy atom. The van der Waals surface area contributed by atoms with E-state index in [1.807, 2.05) is 4.90 Å². The second-order valence-electron chi connectivity index (χ2n) is 10.6. The van der Waals surface area contributed by atoms with Crippen molar-refractivity contribution in [3.63, 3.8) is 0 Å². The number of imidazole rings is 1. The number of fused-ring (bicyclic) bond motifs is 3. The quantitative estimate of drug-likeness (QED) is 0.498. The Morgan fingerprint density at radius 1 is 1.32 bits per heavy atom. The fourth-order valence-corrected chi connectivity index (χ4v) is 5.20. The minimum Gasteiger partial charge on any atom is -0.456 e. The molecule has 0 unspecified atom stereocenters. The van der Waals surface area contributed by atoms with Gasteiger partial charge in [-0.1, -0.05) is 11.6 Å². The maximum absolute atomic E-state index is 14.1. The summed E-state index contributed by atoms with van der Waals surface area (Å²) in [4.78, 5) is 45.1. The molecule has 1 N–H and O–H groups in total. The number of ether oxygens (including phenoxy) is 2. The normalized spacial score (nSPS) is 17.5. The molecule has 1 atom stereocenters. The zero-order valence-corrected chi connectivity index (χ0v) is 22.4. The van der Waals surface area contributed by atoms with Gasteiger partial charge in [0.25, 0.3) is 5.56 Å². The molecule has 1 amide bonds.